The molecule has 16 heavy (non-hydrogen) atoms. The first-order valence-corrected chi connectivity index (χ1v) is 5.48. The number of rotatable bonds is 3. The maximum absolute atomic E-state index is 9.03. The largest absolute Gasteiger partial charge is 0.383 e. The molecule has 0 aliphatic carbocycles. The van der Waals surface area contributed by atoms with Gasteiger partial charge in [-0.1, -0.05) is 6.08 Å². The first kappa shape index (κ1) is 12.1. The van der Waals surface area contributed by atoms with Crippen LogP contribution in [0.15, 0.2) is 17.7 Å². The van der Waals surface area contributed by atoms with E-state index in [1.54, 1.807) is 13.0 Å². The van der Waals surface area contributed by atoms with Gasteiger partial charge >= 0.3 is 0 Å². The lowest BCUT2D eigenvalue weighted by Crippen LogP contribution is -2.02. The van der Waals surface area contributed by atoms with Gasteiger partial charge in [0.25, 0.3) is 0 Å². The quantitative estimate of drug-likeness (QED) is 0.633. The normalized spacial score (nSPS) is 9.19. The molecule has 1 rings (SSSR count). The van der Waals surface area contributed by atoms with Gasteiger partial charge in [0.15, 0.2) is 0 Å². The Balaban J connectivity index is 3.37. The highest BCUT2D eigenvalue weighted by atomic mass is 32.2. The molecule has 0 amide bonds. The van der Waals surface area contributed by atoms with E-state index in [1.165, 1.54) is 11.8 Å². The SMILES string of the molecule is C=CCSc1nc(N)c(C#N)c(C)c1C#N. The van der Waals surface area contributed by atoms with Crippen LogP contribution >= 0.6 is 11.8 Å². The Hall–Kier alpha value is -1.98. The van der Waals surface area contributed by atoms with Crippen molar-refractivity contribution in [3.05, 3.63) is 29.3 Å². The number of hydrogen-bond donors (Lipinski definition) is 1. The summed E-state index contributed by atoms with van der Waals surface area (Å²) in [6.07, 6.45) is 1.72. The fraction of sp³-hybridized carbons (Fsp3) is 0.182. The van der Waals surface area contributed by atoms with Gasteiger partial charge in [0.05, 0.1) is 11.1 Å². The van der Waals surface area contributed by atoms with Crippen LogP contribution in [0.3, 0.4) is 0 Å². The Kier molecular flexibility index (Phi) is 3.93. The zero-order valence-corrected chi connectivity index (χ0v) is 9.64. The molecule has 0 spiro atoms. The lowest BCUT2D eigenvalue weighted by Gasteiger charge is -2.08. The molecule has 80 valence electrons. The standard InChI is InChI=1S/C11H10N4S/c1-3-4-16-11-9(6-13)7(2)8(5-12)10(14)15-11/h3H,1,4H2,2H3,(H2,14,15). The number of nitriles is 2. The van der Waals surface area contributed by atoms with Crippen molar-refractivity contribution < 1.29 is 0 Å². The molecular formula is C11H10N4S. The van der Waals surface area contributed by atoms with E-state index < -0.39 is 0 Å². The van der Waals surface area contributed by atoms with Crippen LogP contribution in [0, 0.1) is 29.6 Å². The van der Waals surface area contributed by atoms with Crippen molar-refractivity contribution in [3.63, 3.8) is 0 Å². The van der Waals surface area contributed by atoms with Crippen LogP contribution in [0.4, 0.5) is 5.82 Å². The van der Waals surface area contributed by atoms with Crippen LogP contribution in [0.25, 0.3) is 0 Å². The van der Waals surface area contributed by atoms with E-state index >= 15 is 0 Å². The summed E-state index contributed by atoms with van der Waals surface area (Å²) in [6.45, 7) is 5.30. The fourth-order valence-electron chi connectivity index (χ4n) is 1.21. The van der Waals surface area contributed by atoms with Gasteiger partial charge in [-0.15, -0.1) is 18.3 Å². The van der Waals surface area contributed by atoms with Crippen molar-refractivity contribution in [1.29, 1.82) is 10.5 Å². The van der Waals surface area contributed by atoms with Gasteiger partial charge in [0.1, 0.15) is 23.0 Å². The minimum atomic E-state index is 0.172. The second-order valence-corrected chi connectivity index (χ2v) is 4.01. The topological polar surface area (TPSA) is 86.5 Å². The molecule has 0 atom stereocenters. The van der Waals surface area contributed by atoms with E-state index in [9.17, 15) is 0 Å². The van der Waals surface area contributed by atoms with E-state index in [0.717, 1.165) is 0 Å². The molecule has 1 heterocycles. The maximum Gasteiger partial charge on any atom is 0.143 e. The number of aromatic nitrogens is 1. The number of nitrogen functional groups attached to an aromatic ring is 1. The van der Waals surface area contributed by atoms with Gasteiger partial charge in [0.2, 0.25) is 0 Å². The van der Waals surface area contributed by atoms with Gasteiger partial charge in [-0.25, -0.2) is 4.98 Å². The molecule has 5 heteroatoms. The predicted molar refractivity (Wildman–Crippen MR) is 63.7 cm³/mol. The third kappa shape index (κ3) is 2.16. The molecule has 2 N–H and O–H groups in total. The first-order valence-electron chi connectivity index (χ1n) is 4.49. The minimum Gasteiger partial charge on any atom is -0.383 e. The fourth-order valence-corrected chi connectivity index (χ4v) is 2.00. The van der Waals surface area contributed by atoms with E-state index in [2.05, 4.69) is 17.6 Å². The Morgan fingerprint density at radius 2 is 2.06 bits per heavy atom. The summed E-state index contributed by atoms with van der Waals surface area (Å²) in [4.78, 5) is 4.06. The average molecular weight is 230 g/mol. The summed E-state index contributed by atoms with van der Waals surface area (Å²) in [7, 11) is 0. The van der Waals surface area contributed by atoms with Crippen LogP contribution in [0.2, 0.25) is 0 Å². The van der Waals surface area contributed by atoms with Gasteiger partial charge in [0, 0.05) is 5.75 Å². The van der Waals surface area contributed by atoms with Crippen LogP contribution in [0.1, 0.15) is 16.7 Å². The third-order valence-electron chi connectivity index (χ3n) is 2.00. The van der Waals surface area contributed by atoms with Crippen molar-refractivity contribution in [2.24, 2.45) is 0 Å². The van der Waals surface area contributed by atoms with E-state index in [0.29, 0.717) is 21.9 Å². The second kappa shape index (κ2) is 5.20. The van der Waals surface area contributed by atoms with Crippen molar-refractivity contribution in [2.45, 2.75) is 11.9 Å². The molecule has 0 aliphatic heterocycles. The predicted octanol–water partition coefficient (Wildman–Crippen LogP) is 1.99. The highest BCUT2D eigenvalue weighted by Gasteiger charge is 2.14. The third-order valence-corrected chi connectivity index (χ3v) is 2.97. The van der Waals surface area contributed by atoms with E-state index in [1.807, 2.05) is 6.07 Å². The van der Waals surface area contributed by atoms with Gasteiger partial charge in [-0.05, 0) is 12.5 Å². The minimum absolute atomic E-state index is 0.172. The number of nitrogens with two attached hydrogens (primary N) is 1. The number of nitrogens with zero attached hydrogens (tertiary/aromatic N) is 3. The lowest BCUT2D eigenvalue weighted by molar-refractivity contribution is 1.09. The highest BCUT2D eigenvalue weighted by Crippen LogP contribution is 2.27. The molecule has 0 saturated heterocycles. The van der Waals surface area contributed by atoms with Crippen LogP contribution in [-0.2, 0) is 0 Å². The molecule has 0 fully saturated rings. The highest BCUT2D eigenvalue weighted by molar-refractivity contribution is 7.99. The number of pyridine rings is 1. The number of anilines is 1. The summed E-state index contributed by atoms with van der Waals surface area (Å²) in [5.74, 6) is 0.817. The maximum atomic E-state index is 9.03. The summed E-state index contributed by atoms with van der Waals surface area (Å²) >= 11 is 1.38. The summed E-state index contributed by atoms with van der Waals surface area (Å²) in [5.41, 5.74) is 6.92. The Morgan fingerprint density at radius 1 is 1.44 bits per heavy atom. The Bertz CT molecular complexity index is 508. The van der Waals surface area contributed by atoms with Crippen LogP contribution in [-0.4, -0.2) is 10.7 Å². The van der Waals surface area contributed by atoms with Crippen LogP contribution in [0.5, 0.6) is 0 Å². The summed E-state index contributed by atoms with van der Waals surface area (Å²) in [5, 5.41) is 18.5. The lowest BCUT2D eigenvalue weighted by atomic mass is 10.1. The molecule has 0 saturated carbocycles. The number of thioether (sulfide) groups is 1. The average Bonchev–Trinajstić information content (AvgIpc) is 2.26. The van der Waals surface area contributed by atoms with Gasteiger partial charge < -0.3 is 5.73 Å². The zero-order chi connectivity index (χ0) is 12.1. The Morgan fingerprint density at radius 3 is 2.56 bits per heavy atom. The zero-order valence-electron chi connectivity index (χ0n) is 8.82. The Labute approximate surface area is 98.4 Å². The molecule has 4 nitrogen and oxygen atoms in total. The molecule has 1 aromatic heterocycles. The monoisotopic (exact) mass is 230 g/mol. The van der Waals surface area contributed by atoms with Gasteiger partial charge in [-0.3, -0.25) is 0 Å². The van der Waals surface area contributed by atoms with Crippen molar-refractivity contribution in [3.8, 4) is 12.1 Å². The van der Waals surface area contributed by atoms with E-state index in [4.69, 9.17) is 16.3 Å². The van der Waals surface area contributed by atoms with Crippen molar-refractivity contribution >= 4 is 17.6 Å². The molecule has 0 aromatic carbocycles. The van der Waals surface area contributed by atoms with E-state index in [-0.39, 0.29) is 11.4 Å². The van der Waals surface area contributed by atoms with Crippen LogP contribution < -0.4 is 5.73 Å². The number of hydrogen-bond acceptors (Lipinski definition) is 5. The molecular weight excluding hydrogens is 220 g/mol. The van der Waals surface area contributed by atoms with Gasteiger partial charge in [-0.2, -0.15) is 10.5 Å². The molecule has 0 unspecified atom stereocenters. The smallest absolute Gasteiger partial charge is 0.143 e. The molecule has 0 aliphatic rings. The molecule has 0 radical (unpaired) electrons. The molecule has 1 aromatic rings. The first-order chi connectivity index (χ1) is 7.65. The van der Waals surface area contributed by atoms with Crippen molar-refractivity contribution in [2.75, 3.05) is 11.5 Å². The summed E-state index contributed by atoms with van der Waals surface area (Å²) in [6, 6.07) is 4.00. The van der Waals surface area contributed by atoms with Crippen molar-refractivity contribution in [1.82, 2.24) is 4.98 Å². The second-order valence-electron chi connectivity index (χ2n) is 3.00. The summed E-state index contributed by atoms with van der Waals surface area (Å²) < 4.78 is 0. The molecule has 0 bridgehead atoms.